The first-order valence-electron chi connectivity index (χ1n) is 1.88. The first kappa shape index (κ1) is 7.88. The summed E-state index contributed by atoms with van der Waals surface area (Å²) in [5.74, 6) is -0.0660. The summed E-state index contributed by atoms with van der Waals surface area (Å²) in [5, 5.41) is 0. The van der Waals surface area contributed by atoms with E-state index >= 15 is 0 Å². The summed E-state index contributed by atoms with van der Waals surface area (Å²) in [6.07, 6.45) is 1.22. The van der Waals surface area contributed by atoms with Gasteiger partial charge in [0.25, 0.3) is 0 Å². The minimum Gasteiger partial charge on any atom is -0.160 e. The molecular weight excluding hydrogens is 137 g/mol. The van der Waals surface area contributed by atoms with Gasteiger partial charge in [0, 0.05) is 5.75 Å². The second kappa shape index (κ2) is 3.02. The predicted molar refractivity (Wildman–Crippen MR) is 28.7 cm³/mol. The van der Waals surface area contributed by atoms with E-state index in [1.165, 1.54) is 6.08 Å². The van der Waals surface area contributed by atoms with E-state index < -0.39 is 5.51 Å². The predicted octanol–water partition coefficient (Wildman–Crippen LogP) is 2.43. The fraction of sp³-hybridized carbons (Fsp3) is 0.500. The lowest BCUT2D eigenvalue weighted by molar-refractivity contribution is -0.0326. The molecule has 0 fully saturated rings. The number of hydrogen-bond donors (Lipinski definition) is 0. The second-order valence-corrected chi connectivity index (χ2v) is 2.13. The van der Waals surface area contributed by atoms with Crippen LogP contribution in [-0.4, -0.2) is 11.3 Å². The van der Waals surface area contributed by atoms with E-state index in [4.69, 9.17) is 0 Å². The SMILES string of the molecule is C=CCSC(F)(F)F. The Morgan fingerprint density at radius 2 is 2.00 bits per heavy atom. The Kier molecular flexibility index (Phi) is 2.97. The molecule has 0 nitrogen and oxygen atoms in total. The number of rotatable bonds is 2. The molecule has 0 radical (unpaired) electrons. The monoisotopic (exact) mass is 142 g/mol. The summed E-state index contributed by atoms with van der Waals surface area (Å²) in [6, 6.07) is 0. The zero-order valence-corrected chi connectivity index (χ0v) is 4.85. The fourth-order valence-corrected chi connectivity index (χ4v) is 0.460. The fourth-order valence-electron chi connectivity index (χ4n) is 0.153. The van der Waals surface area contributed by atoms with Crippen LogP contribution < -0.4 is 0 Å². The van der Waals surface area contributed by atoms with E-state index in [1.54, 1.807) is 0 Å². The van der Waals surface area contributed by atoms with Crippen molar-refractivity contribution in [1.82, 2.24) is 0 Å². The summed E-state index contributed by atoms with van der Waals surface area (Å²) in [7, 11) is 0. The van der Waals surface area contributed by atoms with Gasteiger partial charge in [-0.05, 0) is 11.8 Å². The molecule has 0 heterocycles. The molecule has 8 heavy (non-hydrogen) atoms. The van der Waals surface area contributed by atoms with Crippen LogP contribution in [-0.2, 0) is 0 Å². The number of hydrogen-bond acceptors (Lipinski definition) is 1. The third kappa shape index (κ3) is 5.88. The molecule has 0 aliphatic rings. The first-order valence-corrected chi connectivity index (χ1v) is 2.86. The van der Waals surface area contributed by atoms with Gasteiger partial charge in [-0.25, -0.2) is 0 Å². The van der Waals surface area contributed by atoms with E-state index in [0.717, 1.165) is 0 Å². The Balaban J connectivity index is 3.24. The summed E-state index contributed by atoms with van der Waals surface area (Å²) in [6.45, 7) is 3.14. The van der Waals surface area contributed by atoms with Crippen molar-refractivity contribution >= 4 is 11.8 Å². The molecule has 48 valence electrons. The normalized spacial score (nSPS) is 11.4. The highest BCUT2D eigenvalue weighted by Gasteiger charge is 2.26. The minimum atomic E-state index is -4.10. The standard InChI is InChI=1S/C4H5F3S/c1-2-3-8-4(5,6)7/h2H,1,3H2. The topological polar surface area (TPSA) is 0 Å². The van der Waals surface area contributed by atoms with Gasteiger partial charge in [0.15, 0.2) is 0 Å². The lowest BCUT2D eigenvalue weighted by Gasteiger charge is -2.00. The number of alkyl halides is 3. The van der Waals surface area contributed by atoms with Gasteiger partial charge in [0.05, 0.1) is 0 Å². The molecule has 0 unspecified atom stereocenters. The van der Waals surface area contributed by atoms with E-state index in [-0.39, 0.29) is 17.5 Å². The van der Waals surface area contributed by atoms with Gasteiger partial charge in [0.2, 0.25) is 0 Å². The van der Waals surface area contributed by atoms with Crippen LogP contribution in [0.1, 0.15) is 0 Å². The van der Waals surface area contributed by atoms with Gasteiger partial charge >= 0.3 is 5.51 Å². The van der Waals surface area contributed by atoms with Crippen LogP contribution in [0.5, 0.6) is 0 Å². The largest absolute Gasteiger partial charge is 0.442 e. The maximum atomic E-state index is 11.2. The molecule has 0 aliphatic carbocycles. The molecule has 0 aromatic heterocycles. The molecule has 0 saturated heterocycles. The molecule has 0 aliphatic heterocycles. The smallest absolute Gasteiger partial charge is 0.160 e. The van der Waals surface area contributed by atoms with Gasteiger partial charge in [-0.2, -0.15) is 13.2 Å². The van der Waals surface area contributed by atoms with Crippen molar-refractivity contribution in [2.75, 3.05) is 5.75 Å². The zero-order chi connectivity index (χ0) is 6.62. The van der Waals surface area contributed by atoms with Crippen LogP contribution in [0.25, 0.3) is 0 Å². The molecule has 0 aromatic rings. The maximum absolute atomic E-state index is 11.2. The van der Waals surface area contributed by atoms with Crippen LogP contribution >= 0.6 is 11.8 Å². The van der Waals surface area contributed by atoms with Crippen molar-refractivity contribution in [3.8, 4) is 0 Å². The van der Waals surface area contributed by atoms with Gasteiger partial charge in [0.1, 0.15) is 0 Å². The third-order valence-electron chi connectivity index (χ3n) is 0.365. The summed E-state index contributed by atoms with van der Waals surface area (Å²) in [5.41, 5.74) is -4.10. The maximum Gasteiger partial charge on any atom is 0.442 e. The average molecular weight is 142 g/mol. The van der Waals surface area contributed by atoms with Crippen LogP contribution in [0.15, 0.2) is 12.7 Å². The molecule has 0 atom stereocenters. The molecule has 0 N–H and O–H groups in total. The van der Waals surface area contributed by atoms with Crippen molar-refractivity contribution in [3.63, 3.8) is 0 Å². The third-order valence-corrected chi connectivity index (χ3v) is 1.09. The van der Waals surface area contributed by atoms with E-state index in [9.17, 15) is 13.2 Å². The number of thioether (sulfide) groups is 1. The van der Waals surface area contributed by atoms with Crippen molar-refractivity contribution < 1.29 is 13.2 Å². The van der Waals surface area contributed by atoms with Gasteiger partial charge in [-0.1, -0.05) is 6.08 Å². The van der Waals surface area contributed by atoms with Crippen LogP contribution in [0.2, 0.25) is 0 Å². The summed E-state index contributed by atoms with van der Waals surface area (Å²) in [4.78, 5) is 0. The van der Waals surface area contributed by atoms with Gasteiger partial charge in [-0.3, -0.25) is 0 Å². The molecule has 4 heteroatoms. The minimum absolute atomic E-state index is 0.0660. The Morgan fingerprint density at radius 3 is 2.12 bits per heavy atom. The van der Waals surface area contributed by atoms with Crippen molar-refractivity contribution in [2.45, 2.75) is 5.51 Å². The summed E-state index contributed by atoms with van der Waals surface area (Å²) < 4.78 is 33.5. The van der Waals surface area contributed by atoms with Crippen molar-refractivity contribution in [2.24, 2.45) is 0 Å². The van der Waals surface area contributed by atoms with Gasteiger partial charge in [-0.15, -0.1) is 6.58 Å². The van der Waals surface area contributed by atoms with Gasteiger partial charge < -0.3 is 0 Å². The quantitative estimate of drug-likeness (QED) is 0.533. The highest BCUT2D eigenvalue weighted by Crippen LogP contribution is 2.29. The second-order valence-electron chi connectivity index (χ2n) is 1.05. The zero-order valence-electron chi connectivity index (χ0n) is 4.03. The highest BCUT2D eigenvalue weighted by molar-refractivity contribution is 8.00. The molecular formula is C4H5F3S. The Hall–Kier alpha value is -0.120. The van der Waals surface area contributed by atoms with Crippen LogP contribution in [0.4, 0.5) is 13.2 Å². The lowest BCUT2D eigenvalue weighted by atomic mass is 10.8. The molecule has 0 aromatic carbocycles. The van der Waals surface area contributed by atoms with E-state index in [2.05, 4.69) is 6.58 Å². The Morgan fingerprint density at radius 1 is 1.50 bits per heavy atom. The van der Waals surface area contributed by atoms with Crippen LogP contribution in [0.3, 0.4) is 0 Å². The lowest BCUT2D eigenvalue weighted by Crippen LogP contribution is -1.99. The first-order chi connectivity index (χ1) is 3.56. The molecule has 0 spiro atoms. The average Bonchev–Trinajstić information content (AvgIpc) is 1.59. The van der Waals surface area contributed by atoms with Crippen molar-refractivity contribution in [3.05, 3.63) is 12.7 Å². The molecule has 0 rings (SSSR count). The van der Waals surface area contributed by atoms with Crippen LogP contribution in [0, 0.1) is 0 Å². The van der Waals surface area contributed by atoms with E-state index in [0.29, 0.717) is 0 Å². The summed E-state index contributed by atoms with van der Waals surface area (Å²) >= 11 is -0.0845. The Labute approximate surface area is 49.8 Å². The van der Waals surface area contributed by atoms with Crippen molar-refractivity contribution in [1.29, 1.82) is 0 Å². The Bertz CT molecular complexity index is 75.8. The molecule has 0 saturated carbocycles. The van der Waals surface area contributed by atoms with E-state index in [1.807, 2.05) is 0 Å². The number of halogens is 3. The molecule has 0 amide bonds. The highest BCUT2D eigenvalue weighted by atomic mass is 32.2. The molecule has 0 bridgehead atoms.